The number of piperazine rings is 1. The third-order valence-electron chi connectivity index (χ3n) is 5.36. The zero-order chi connectivity index (χ0) is 18.3. The minimum Gasteiger partial charge on any atom is -0.346 e. The van der Waals surface area contributed by atoms with Crippen molar-refractivity contribution in [1.29, 1.82) is 0 Å². The summed E-state index contributed by atoms with van der Waals surface area (Å²) < 4.78 is 14.0. The molecule has 2 aliphatic heterocycles. The van der Waals surface area contributed by atoms with E-state index in [0.717, 1.165) is 43.4 Å². The lowest BCUT2D eigenvalue weighted by atomic mass is 10.2. The van der Waals surface area contributed by atoms with Crippen LogP contribution in [0.2, 0.25) is 0 Å². The summed E-state index contributed by atoms with van der Waals surface area (Å²) in [5.74, 6) is -0.315. The Morgan fingerprint density at radius 1 is 1.12 bits per heavy atom. The van der Waals surface area contributed by atoms with Crippen molar-refractivity contribution >= 4 is 28.1 Å². The fraction of sp³-hybridized carbons (Fsp3) is 0.474. The fourth-order valence-corrected chi connectivity index (χ4v) is 4.69. The third-order valence-corrected chi connectivity index (χ3v) is 6.50. The van der Waals surface area contributed by atoms with Gasteiger partial charge >= 0.3 is 0 Å². The Bertz CT molecular complexity index is 796. The number of thiazole rings is 1. The summed E-state index contributed by atoms with van der Waals surface area (Å²) in [4.78, 5) is 24.9. The number of anilines is 2. The van der Waals surface area contributed by atoms with E-state index in [9.17, 15) is 9.18 Å². The molecule has 1 atom stereocenters. The topological polar surface area (TPSA) is 39.7 Å². The van der Waals surface area contributed by atoms with Gasteiger partial charge in [0, 0.05) is 37.6 Å². The van der Waals surface area contributed by atoms with Crippen molar-refractivity contribution in [2.75, 3.05) is 42.5 Å². The molecule has 0 spiro atoms. The Morgan fingerprint density at radius 3 is 2.50 bits per heavy atom. The maximum Gasteiger partial charge on any atom is 0.244 e. The summed E-state index contributed by atoms with van der Waals surface area (Å²) in [5.41, 5.74) is 1.49. The van der Waals surface area contributed by atoms with E-state index < -0.39 is 0 Å². The second-order valence-corrected chi connectivity index (χ2v) is 8.09. The number of para-hydroxylation sites is 1. The highest BCUT2D eigenvalue weighted by atomic mass is 32.1. The molecule has 2 aromatic rings. The SMILES string of the molecule is Cc1nc(N2CCN(C3CCN(c4ccccc4F)C3=O)CC2)sc1C. The normalized spacial score (nSPS) is 21.7. The van der Waals surface area contributed by atoms with Crippen molar-refractivity contribution in [2.45, 2.75) is 26.3 Å². The molecule has 0 N–H and O–H groups in total. The molecule has 26 heavy (non-hydrogen) atoms. The van der Waals surface area contributed by atoms with Gasteiger partial charge in [0.2, 0.25) is 5.91 Å². The molecule has 7 heteroatoms. The van der Waals surface area contributed by atoms with Gasteiger partial charge < -0.3 is 9.80 Å². The summed E-state index contributed by atoms with van der Waals surface area (Å²) in [6, 6.07) is 6.37. The number of rotatable bonds is 3. The number of hydrogen-bond acceptors (Lipinski definition) is 5. The van der Waals surface area contributed by atoms with Crippen LogP contribution >= 0.6 is 11.3 Å². The molecule has 3 heterocycles. The minimum absolute atomic E-state index is 0.0180. The lowest BCUT2D eigenvalue weighted by Gasteiger charge is -2.37. The van der Waals surface area contributed by atoms with E-state index in [-0.39, 0.29) is 17.8 Å². The van der Waals surface area contributed by atoms with Crippen molar-refractivity contribution in [2.24, 2.45) is 0 Å². The van der Waals surface area contributed by atoms with E-state index in [1.807, 2.05) is 6.92 Å². The number of aromatic nitrogens is 1. The molecule has 1 unspecified atom stereocenters. The zero-order valence-corrected chi connectivity index (χ0v) is 15.9. The lowest BCUT2D eigenvalue weighted by molar-refractivity contribution is -0.121. The van der Waals surface area contributed by atoms with Gasteiger partial charge in [0.05, 0.1) is 17.4 Å². The second kappa shape index (κ2) is 6.96. The molecule has 0 bridgehead atoms. The summed E-state index contributed by atoms with van der Waals surface area (Å²) >= 11 is 1.73. The van der Waals surface area contributed by atoms with Crippen molar-refractivity contribution < 1.29 is 9.18 Å². The number of hydrogen-bond donors (Lipinski definition) is 0. The summed E-state index contributed by atoms with van der Waals surface area (Å²) in [6.45, 7) is 8.13. The van der Waals surface area contributed by atoms with Crippen LogP contribution < -0.4 is 9.80 Å². The van der Waals surface area contributed by atoms with E-state index in [0.29, 0.717) is 12.2 Å². The Morgan fingerprint density at radius 2 is 1.85 bits per heavy atom. The Labute approximate surface area is 157 Å². The standard InChI is InChI=1S/C19H23FN4OS/c1-13-14(2)26-19(21-13)23-11-9-22(10-12-23)17-7-8-24(18(17)25)16-6-4-3-5-15(16)20/h3-6,17H,7-12H2,1-2H3. The first-order valence-corrected chi connectivity index (χ1v) is 9.85. The van der Waals surface area contributed by atoms with E-state index in [2.05, 4.69) is 21.7 Å². The van der Waals surface area contributed by atoms with Crippen LogP contribution in [0.15, 0.2) is 24.3 Å². The molecule has 1 aromatic heterocycles. The summed E-state index contributed by atoms with van der Waals surface area (Å²) in [5, 5.41) is 1.07. The average molecular weight is 374 g/mol. The van der Waals surface area contributed by atoms with E-state index >= 15 is 0 Å². The largest absolute Gasteiger partial charge is 0.346 e. The average Bonchev–Trinajstić information content (AvgIpc) is 3.18. The molecule has 0 saturated carbocycles. The first-order valence-electron chi connectivity index (χ1n) is 9.03. The maximum atomic E-state index is 14.0. The van der Waals surface area contributed by atoms with E-state index in [1.54, 1.807) is 34.4 Å². The van der Waals surface area contributed by atoms with Gasteiger partial charge in [0.1, 0.15) is 5.82 Å². The predicted molar refractivity (Wildman–Crippen MR) is 103 cm³/mol. The molecule has 0 radical (unpaired) electrons. The quantitative estimate of drug-likeness (QED) is 0.828. The van der Waals surface area contributed by atoms with Gasteiger partial charge in [-0.2, -0.15) is 0 Å². The van der Waals surface area contributed by atoms with Crippen LogP contribution in [-0.4, -0.2) is 54.6 Å². The van der Waals surface area contributed by atoms with Crippen molar-refractivity contribution in [3.8, 4) is 0 Å². The number of carbonyl (C=O) groups is 1. The van der Waals surface area contributed by atoms with E-state index in [4.69, 9.17) is 0 Å². The highest BCUT2D eigenvalue weighted by molar-refractivity contribution is 7.15. The van der Waals surface area contributed by atoms with Crippen LogP contribution in [0.25, 0.3) is 0 Å². The Kier molecular flexibility index (Phi) is 4.67. The fourth-order valence-electron chi connectivity index (χ4n) is 3.73. The number of benzene rings is 1. The Hall–Kier alpha value is -1.99. The van der Waals surface area contributed by atoms with Crippen LogP contribution in [0.1, 0.15) is 17.0 Å². The lowest BCUT2D eigenvalue weighted by Crippen LogP contribution is -2.52. The van der Waals surface area contributed by atoms with Gasteiger partial charge in [-0.1, -0.05) is 12.1 Å². The number of carbonyl (C=O) groups excluding carboxylic acids is 1. The highest BCUT2D eigenvalue weighted by Crippen LogP contribution is 2.29. The minimum atomic E-state index is -0.333. The molecular weight excluding hydrogens is 351 g/mol. The van der Waals surface area contributed by atoms with Gasteiger partial charge in [0.15, 0.2) is 5.13 Å². The van der Waals surface area contributed by atoms with Crippen molar-refractivity contribution in [1.82, 2.24) is 9.88 Å². The number of halogens is 1. The van der Waals surface area contributed by atoms with Gasteiger partial charge in [-0.05, 0) is 32.4 Å². The Balaban J connectivity index is 1.41. The van der Waals surface area contributed by atoms with Crippen molar-refractivity contribution in [3.05, 3.63) is 40.7 Å². The van der Waals surface area contributed by atoms with Crippen LogP contribution in [0.4, 0.5) is 15.2 Å². The number of aryl methyl sites for hydroxylation is 2. The maximum absolute atomic E-state index is 14.0. The molecule has 2 aliphatic rings. The first kappa shape index (κ1) is 17.4. The van der Waals surface area contributed by atoms with E-state index in [1.165, 1.54) is 10.9 Å². The monoisotopic (exact) mass is 374 g/mol. The predicted octanol–water partition coefficient (Wildman–Crippen LogP) is 2.83. The molecule has 1 aromatic carbocycles. The highest BCUT2D eigenvalue weighted by Gasteiger charge is 2.38. The smallest absolute Gasteiger partial charge is 0.244 e. The molecule has 0 aliphatic carbocycles. The van der Waals surface area contributed by atoms with Gasteiger partial charge in [-0.25, -0.2) is 9.37 Å². The molecule has 2 saturated heterocycles. The van der Waals surface area contributed by atoms with Crippen LogP contribution in [0.3, 0.4) is 0 Å². The van der Waals surface area contributed by atoms with Gasteiger partial charge in [-0.15, -0.1) is 11.3 Å². The molecule has 2 fully saturated rings. The van der Waals surface area contributed by atoms with Crippen LogP contribution in [0, 0.1) is 19.7 Å². The number of amides is 1. The van der Waals surface area contributed by atoms with Gasteiger partial charge in [-0.3, -0.25) is 9.69 Å². The summed E-state index contributed by atoms with van der Waals surface area (Å²) in [6.07, 6.45) is 0.753. The van der Waals surface area contributed by atoms with Crippen LogP contribution in [0.5, 0.6) is 0 Å². The first-order chi connectivity index (χ1) is 12.5. The molecule has 4 rings (SSSR count). The zero-order valence-electron chi connectivity index (χ0n) is 15.1. The molecule has 5 nitrogen and oxygen atoms in total. The molecular formula is C19H23FN4OS. The summed E-state index contributed by atoms with van der Waals surface area (Å²) in [7, 11) is 0. The third kappa shape index (κ3) is 3.10. The second-order valence-electron chi connectivity index (χ2n) is 6.91. The van der Waals surface area contributed by atoms with Crippen LogP contribution in [-0.2, 0) is 4.79 Å². The van der Waals surface area contributed by atoms with Crippen molar-refractivity contribution in [3.63, 3.8) is 0 Å². The van der Waals surface area contributed by atoms with Gasteiger partial charge in [0.25, 0.3) is 0 Å². The molecule has 138 valence electrons. The molecule has 1 amide bonds. The number of nitrogens with zero attached hydrogens (tertiary/aromatic N) is 4.